The highest BCUT2D eigenvalue weighted by molar-refractivity contribution is 5.46. The van der Waals surface area contributed by atoms with Crippen LogP contribution in [-0.4, -0.2) is 22.7 Å². The standard InChI is InChI=1S/C8H12F3N5/c1-2-5-14-6(3-7(15-5)16-12)13-4-8(9,10)11/h3H,2,4,12H2,1H3,(H2,13,14,15,16). The fraction of sp³-hybridized carbons (Fsp3) is 0.500. The van der Waals surface area contributed by atoms with Crippen molar-refractivity contribution in [2.45, 2.75) is 19.5 Å². The first-order chi connectivity index (χ1) is 7.44. The largest absolute Gasteiger partial charge is 0.405 e. The molecule has 0 radical (unpaired) electrons. The minimum Gasteiger partial charge on any atom is -0.361 e. The van der Waals surface area contributed by atoms with Gasteiger partial charge in [0.15, 0.2) is 0 Å². The van der Waals surface area contributed by atoms with Gasteiger partial charge in [-0.2, -0.15) is 13.2 Å². The maximum absolute atomic E-state index is 12.0. The van der Waals surface area contributed by atoms with E-state index in [4.69, 9.17) is 5.84 Å². The Labute approximate surface area is 90.2 Å². The van der Waals surface area contributed by atoms with Gasteiger partial charge < -0.3 is 10.7 Å². The third-order valence-electron chi connectivity index (χ3n) is 1.71. The van der Waals surface area contributed by atoms with E-state index in [9.17, 15) is 13.2 Å². The van der Waals surface area contributed by atoms with Gasteiger partial charge in [-0.15, -0.1) is 0 Å². The molecule has 1 aromatic heterocycles. The van der Waals surface area contributed by atoms with Crippen LogP contribution >= 0.6 is 0 Å². The number of aromatic nitrogens is 2. The molecule has 0 saturated heterocycles. The molecule has 90 valence electrons. The summed E-state index contributed by atoms with van der Waals surface area (Å²) in [6.07, 6.45) is -3.77. The van der Waals surface area contributed by atoms with Crippen LogP contribution in [0.2, 0.25) is 0 Å². The van der Waals surface area contributed by atoms with Gasteiger partial charge in [-0.25, -0.2) is 15.8 Å². The zero-order valence-corrected chi connectivity index (χ0v) is 8.60. The van der Waals surface area contributed by atoms with Crippen LogP contribution in [0.15, 0.2) is 6.07 Å². The van der Waals surface area contributed by atoms with Crippen LogP contribution in [0.4, 0.5) is 24.8 Å². The van der Waals surface area contributed by atoms with Crippen molar-refractivity contribution in [3.63, 3.8) is 0 Å². The highest BCUT2D eigenvalue weighted by atomic mass is 19.4. The van der Waals surface area contributed by atoms with E-state index in [-0.39, 0.29) is 11.6 Å². The number of anilines is 2. The molecule has 16 heavy (non-hydrogen) atoms. The Morgan fingerprint density at radius 1 is 1.31 bits per heavy atom. The number of hydrazine groups is 1. The first kappa shape index (κ1) is 12.5. The molecule has 0 aliphatic heterocycles. The molecule has 0 amide bonds. The second-order valence-electron chi connectivity index (χ2n) is 3.02. The molecule has 0 fully saturated rings. The lowest BCUT2D eigenvalue weighted by Gasteiger charge is -2.10. The van der Waals surface area contributed by atoms with Crippen molar-refractivity contribution in [3.05, 3.63) is 11.9 Å². The quantitative estimate of drug-likeness (QED) is 0.541. The lowest BCUT2D eigenvalue weighted by molar-refractivity contribution is -0.115. The summed E-state index contributed by atoms with van der Waals surface area (Å²) in [7, 11) is 0. The molecular weight excluding hydrogens is 223 g/mol. The van der Waals surface area contributed by atoms with E-state index >= 15 is 0 Å². The molecule has 8 heteroatoms. The van der Waals surface area contributed by atoms with Gasteiger partial charge in [0.1, 0.15) is 24.0 Å². The fourth-order valence-electron chi connectivity index (χ4n) is 1.01. The summed E-state index contributed by atoms with van der Waals surface area (Å²) in [5, 5.41) is 2.16. The summed E-state index contributed by atoms with van der Waals surface area (Å²) in [5.74, 6) is 5.92. The lowest BCUT2D eigenvalue weighted by Crippen LogP contribution is -2.22. The van der Waals surface area contributed by atoms with Crippen LogP contribution in [-0.2, 0) is 6.42 Å². The molecule has 0 atom stereocenters. The van der Waals surface area contributed by atoms with Crippen molar-refractivity contribution in [2.24, 2.45) is 5.84 Å². The number of alkyl halides is 3. The number of aryl methyl sites for hydroxylation is 1. The van der Waals surface area contributed by atoms with Crippen LogP contribution in [0.5, 0.6) is 0 Å². The van der Waals surface area contributed by atoms with E-state index in [0.717, 1.165) is 0 Å². The van der Waals surface area contributed by atoms with Crippen molar-refractivity contribution < 1.29 is 13.2 Å². The van der Waals surface area contributed by atoms with Crippen molar-refractivity contribution in [1.82, 2.24) is 9.97 Å². The predicted molar refractivity (Wildman–Crippen MR) is 53.8 cm³/mol. The Kier molecular flexibility index (Phi) is 3.88. The van der Waals surface area contributed by atoms with Crippen molar-refractivity contribution in [2.75, 3.05) is 17.3 Å². The van der Waals surface area contributed by atoms with Gasteiger partial charge in [-0.3, -0.25) is 0 Å². The molecule has 0 aliphatic carbocycles. The molecule has 1 heterocycles. The Bertz CT molecular complexity index is 330. The molecule has 1 rings (SSSR count). The van der Waals surface area contributed by atoms with Crippen LogP contribution < -0.4 is 16.6 Å². The number of hydrogen-bond donors (Lipinski definition) is 3. The molecule has 0 bridgehead atoms. The van der Waals surface area contributed by atoms with E-state index in [1.807, 2.05) is 0 Å². The Morgan fingerprint density at radius 3 is 2.44 bits per heavy atom. The highest BCUT2D eigenvalue weighted by Gasteiger charge is 2.26. The van der Waals surface area contributed by atoms with Crippen molar-refractivity contribution in [3.8, 4) is 0 Å². The molecule has 0 saturated carbocycles. The zero-order chi connectivity index (χ0) is 12.2. The van der Waals surface area contributed by atoms with Gasteiger partial charge in [0.25, 0.3) is 0 Å². The summed E-state index contributed by atoms with van der Waals surface area (Å²) in [5.41, 5.74) is 2.27. The van der Waals surface area contributed by atoms with Crippen LogP contribution in [0.25, 0.3) is 0 Å². The first-order valence-corrected chi connectivity index (χ1v) is 4.60. The second-order valence-corrected chi connectivity index (χ2v) is 3.02. The SMILES string of the molecule is CCc1nc(NN)cc(NCC(F)(F)F)n1. The monoisotopic (exact) mass is 235 g/mol. The third-order valence-corrected chi connectivity index (χ3v) is 1.71. The summed E-state index contributed by atoms with van der Waals surface area (Å²) >= 11 is 0. The number of halogens is 3. The normalized spacial score (nSPS) is 11.3. The van der Waals surface area contributed by atoms with Crippen LogP contribution in [0.3, 0.4) is 0 Å². The van der Waals surface area contributed by atoms with Crippen molar-refractivity contribution in [1.29, 1.82) is 0 Å². The Morgan fingerprint density at radius 2 is 1.94 bits per heavy atom. The minimum absolute atomic E-state index is 0.0946. The van der Waals surface area contributed by atoms with E-state index in [0.29, 0.717) is 12.2 Å². The number of nitrogen functional groups attached to an aromatic ring is 1. The Balaban J connectivity index is 2.79. The third kappa shape index (κ3) is 3.89. The van der Waals surface area contributed by atoms with E-state index in [1.54, 1.807) is 6.92 Å². The second kappa shape index (κ2) is 4.97. The molecule has 0 aliphatic rings. The number of nitrogens with two attached hydrogens (primary N) is 1. The van der Waals surface area contributed by atoms with E-state index in [1.165, 1.54) is 6.07 Å². The van der Waals surface area contributed by atoms with Gasteiger partial charge in [0, 0.05) is 12.5 Å². The average molecular weight is 235 g/mol. The first-order valence-electron chi connectivity index (χ1n) is 4.60. The van der Waals surface area contributed by atoms with Crippen LogP contribution in [0.1, 0.15) is 12.7 Å². The van der Waals surface area contributed by atoms with Crippen LogP contribution in [0, 0.1) is 0 Å². The maximum Gasteiger partial charge on any atom is 0.405 e. The Hall–Kier alpha value is -1.57. The zero-order valence-electron chi connectivity index (χ0n) is 8.60. The summed E-state index contributed by atoms with van der Waals surface area (Å²) in [6.45, 7) is 0.653. The van der Waals surface area contributed by atoms with E-state index in [2.05, 4.69) is 20.7 Å². The lowest BCUT2D eigenvalue weighted by atomic mass is 10.4. The highest BCUT2D eigenvalue weighted by Crippen LogP contribution is 2.17. The molecule has 0 spiro atoms. The van der Waals surface area contributed by atoms with E-state index < -0.39 is 12.7 Å². The molecule has 4 N–H and O–H groups in total. The predicted octanol–water partition coefficient (Wildman–Crippen LogP) is 1.30. The maximum atomic E-state index is 12.0. The van der Waals surface area contributed by atoms with Crippen molar-refractivity contribution >= 4 is 11.6 Å². The minimum atomic E-state index is -4.28. The molecule has 5 nitrogen and oxygen atoms in total. The number of hydrogen-bond acceptors (Lipinski definition) is 5. The summed E-state index contributed by atoms with van der Waals surface area (Å²) in [6, 6.07) is 1.31. The average Bonchev–Trinajstić information content (AvgIpc) is 2.25. The molecule has 0 unspecified atom stereocenters. The van der Waals surface area contributed by atoms with Gasteiger partial charge in [0.05, 0.1) is 0 Å². The fourth-order valence-corrected chi connectivity index (χ4v) is 1.01. The van der Waals surface area contributed by atoms with Gasteiger partial charge in [0.2, 0.25) is 0 Å². The topological polar surface area (TPSA) is 75.9 Å². The molecule has 0 aromatic carbocycles. The summed E-state index contributed by atoms with van der Waals surface area (Å²) < 4.78 is 35.9. The summed E-state index contributed by atoms with van der Waals surface area (Å²) in [4.78, 5) is 7.83. The van der Waals surface area contributed by atoms with Gasteiger partial charge in [-0.1, -0.05) is 6.92 Å². The van der Waals surface area contributed by atoms with Gasteiger partial charge in [-0.05, 0) is 0 Å². The number of nitrogens with zero attached hydrogens (tertiary/aromatic N) is 2. The smallest absolute Gasteiger partial charge is 0.361 e. The molecule has 1 aromatic rings. The number of rotatable bonds is 4. The number of nitrogens with one attached hydrogen (secondary N) is 2. The van der Waals surface area contributed by atoms with Gasteiger partial charge >= 0.3 is 6.18 Å². The molecular formula is C8H12F3N5.